The maximum absolute atomic E-state index is 9.99. The maximum Gasteiger partial charge on any atom is 0.229 e. The predicted octanol–water partition coefficient (Wildman–Crippen LogP) is -0.0488. The monoisotopic (exact) mass is 421 g/mol. The Hall–Kier alpha value is -0.910. The second-order valence-corrected chi connectivity index (χ2v) is 6.40. The van der Waals surface area contributed by atoms with Gasteiger partial charge in [-0.1, -0.05) is 0 Å². The fraction of sp³-hybridized carbons (Fsp3) is 0.429. The van der Waals surface area contributed by atoms with Crippen LogP contribution in [0.15, 0.2) is 24.4 Å². The smallest absolute Gasteiger partial charge is 0.229 e. The number of aromatic amines is 1. The number of fused-ring (bicyclic) bond motifs is 1. The molecule has 120 valence electrons. The van der Waals surface area contributed by atoms with Crippen molar-refractivity contribution in [1.82, 2.24) is 4.98 Å². The molecule has 1 aromatic carbocycles. The average Bonchev–Trinajstić information content (AvgIpc) is 2.90. The molecule has 1 saturated heterocycles. The lowest BCUT2D eigenvalue weighted by Crippen LogP contribution is -2.60. The molecule has 0 aliphatic carbocycles. The minimum atomic E-state index is -1.46. The van der Waals surface area contributed by atoms with Crippen molar-refractivity contribution in [2.75, 3.05) is 6.61 Å². The quantitative estimate of drug-likeness (QED) is 0.444. The molecule has 3 rings (SSSR count). The van der Waals surface area contributed by atoms with Crippen molar-refractivity contribution in [2.24, 2.45) is 0 Å². The van der Waals surface area contributed by atoms with Crippen LogP contribution in [0, 0.1) is 3.57 Å². The van der Waals surface area contributed by atoms with Crippen molar-refractivity contribution in [3.05, 3.63) is 28.0 Å². The highest BCUT2D eigenvalue weighted by Crippen LogP contribution is 2.30. The molecule has 0 bridgehead atoms. The van der Waals surface area contributed by atoms with E-state index in [2.05, 4.69) is 27.6 Å². The topological polar surface area (TPSA) is 115 Å². The minimum absolute atomic E-state index is 0.456. The second-order valence-electron chi connectivity index (χ2n) is 5.16. The van der Waals surface area contributed by atoms with E-state index in [4.69, 9.17) is 9.47 Å². The summed E-state index contributed by atoms with van der Waals surface area (Å²) >= 11 is 2.18. The van der Waals surface area contributed by atoms with E-state index in [1.807, 2.05) is 18.2 Å². The third-order valence-corrected chi connectivity index (χ3v) is 4.37. The molecule has 22 heavy (non-hydrogen) atoms. The Morgan fingerprint density at radius 1 is 1.18 bits per heavy atom. The van der Waals surface area contributed by atoms with Crippen LogP contribution in [0.3, 0.4) is 0 Å². The zero-order valence-electron chi connectivity index (χ0n) is 11.4. The molecule has 1 aromatic heterocycles. The van der Waals surface area contributed by atoms with E-state index in [1.54, 1.807) is 6.20 Å². The zero-order chi connectivity index (χ0) is 15.9. The van der Waals surface area contributed by atoms with Gasteiger partial charge in [0.2, 0.25) is 6.29 Å². The van der Waals surface area contributed by atoms with Crippen molar-refractivity contribution in [3.8, 4) is 5.75 Å². The Morgan fingerprint density at radius 2 is 1.95 bits per heavy atom. The molecule has 1 aliphatic rings. The highest BCUT2D eigenvalue weighted by molar-refractivity contribution is 14.1. The number of hydrogen-bond acceptors (Lipinski definition) is 6. The van der Waals surface area contributed by atoms with E-state index in [0.29, 0.717) is 5.75 Å². The largest absolute Gasteiger partial charge is 0.460 e. The molecular formula is C14H16INO6. The van der Waals surface area contributed by atoms with Crippen LogP contribution in [-0.2, 0) is 4.74 Å². The normalized spacial score (nSPS) is 32.3. The van der Waals surface area contributed by atoms with Gasteiger partial charge in [0.15, 0.2) is 0 Å². The van der Waals surface area contributed by atoms with Gasteiger partial charge in [-0.3, -0.25) is 0 Å². The number of hydrogen-bond donors (Lipinski definition) is 5. The van der Waals surface area contributed by atoms with Crippen LogP contribution in [-0.4, -0.2) is 62.7 Å². The number of ether oxygens (including phenoxy) is 2. The van der Waals surface area contributed by atoms with Gasteiger partial charge in [0.05, 0.1) is 6.61 Å². The van der Waals surface area contributed by atoms with Crippen molar-refractivity contribution in [1.29, 1.82) is 0 Å². The van der Waals surface area contributed by atoms with Gasteiger partial charge in [-0.2, -0.15) is 0 Å². The molecule has 2 heterocycles. The summed E-state index contributed by atoms with van der Waals surface area (Å²) in [7, 11) is 0. The lowest BCUT2D eigenvalue weighted by Gasteiger charge is -2.39. The fourth-order valence-corrected chi connectivity index (χ4v) is 2.95. The molecule has 0 spiro atoms. The van der Waals surface area contributed by atoms with Gasteiger partial charge in [0.25, 0.3) is 0 Å². The molecule has 5 unspecified atom stereocenters. The van der Waals surface area contributed by atoms with Crippen LogP contribution >= 0.6 is 22.6 Å². The van der Waals surface area contributed by atoms with Crippen molar-refractivity contribution < 1.29 is 29.9 Å². The Labute approximate surface area is 139 Å². The van der Waals surface area contributed by atoms with E-state index in [0.717, 1.165) is 14.5 Å². The summed E-state index contributed by atoms with van der Waals surface area (Å²) in [6.45, 7) is -0.489. The molecule has 1 fully saturated rings. The van der Waals surface area contributed by atoms with E-state index < -0.39 is 37.3 Å². The number of rotatable bonds is 3. The zero-order valence-corrected chi connectivity index (χ0v) is 13.5. The molecule has 2 aromatic rings. The molecule has 0 saturated carbocycles. The van der Waals surface area contributed by atoms with Gasteiger partial charge < -0.3 is 34.9 Å². The lowest BCUT2D eigenvalue weighted by atomic mass is 9.99. The maximum atomic E-state index is 9.99. The van der Waals surface area contributed by atoms with Crippen molar-refractivity contribution >= 4 is 33.5 Å². The lowest BCUT2D eigenvalue weighted by molar-refractivity contribution is -0.277. The van der Waals surface area contributed by atoms with Crippen LogP contribution in [0.25, 0.3) is 10.9 Å². The Kier molecular flexibility index (Phi) is 4.57. The Balaban J connectivity index is 1.85. The molecule has 5 N–H and O–H groups in total. The second kappa shape index (κ2) is 6.30. The van der Waals surface area contributed by atoms with Crippen molar-refractivity contribution in [2.45, 2.75) is 30.7 Å². The summed E-state index contributed by atoms with van der Waals surface area (Å²) in [5.41, 5.74) is 0.861. The molecule has 0 amide bonds. The van der Waals surface area contributed by atoms with Gasteiger partial charge in [-0.25, -0.2) is 0 Å². The third kappa shape index (κ3) is 2.82. The van der Waals surface area contributed by atoms with Gasteiger partial charge >= 0.3 is 0 Å². The molecule has 7 nitrogen and oxygen atoms in total. The van der Waals surface area contributed by atoms with Crippen LogP contribution in [0.1, 0.15) is 0 Å². The van der Waals surface area contributed by atoms with Gasteiger partial charge in [-0.05, 0) is 40.8 Å². The molecule has 0 radical (unpaired) electrons. The molecule has 8 heteroatoms. The standard InChI is InChI=1S/C14H16INO6/c15-6-1-2-8-7(3-6)9(4-16-8)21-14-13(20)12(19)11(18)10(5-17)22-14/h1-4,10-14,16-20H,5H2. The Morgan fingerprint density at radius 3 is 2.68 bits per heavy atom. The van der Waals surface area contributed by atoms with Crippen molar-refractivity contribution in [3.63, 3.8) is 0 Å². The number of aliphatic hydroxyl groups is 4. The molecular weight excluding hydrogens is 405 g/mol. The molecule has 5 atom stereocenters. The summed E-state index contributed by atoms with van der Waals surface area (Å²) in [6, 6.07) is 5.75. The fourth-order valence-electron chi connectivity index (χ4n) is 2.45. The predicted molar refractivity (Wildman–Crippen MR) is 85.4 cm³/mol. The van der Waals surface area contributed by atoms with E-state index in [1.165, 1.54) is 0 Å². The molecule has 1 aliphatic heterocycles. The number of H-pyrrole nitrogens is 1. The van der Waals surface area contributed by atoms with Crippen LogP contribution in [0.5, 0.6) is 5.75 Å². The summed E-state index contributed by atoms with van der Waals surface area (Å²) < 4.78 is 12.0. The van der Waals surface area contributed by atoms with E-state index in [9.17, 15) is 20.4 Å². The number of aromatic nitrogens is 1. The average molecular weight is 421 g/mol. The number of halogens is 1. The first-order valence-corrected chi connectivity index (χ1v) is 7.83. The summed E-state index contributed by atoms with van der Waals surface area (Å²) in [5.74, 6) is 0.456. The summed E-state index contributed by atoms with van der Waals surface area (Å²) in [4.78, 5) is 3.04. The van der Waals surface area contributed by atoms with E-state index in [-0.39, 0.29) is 0 Å². The first kappa shape index (κ1) is 16.0. The van der Waals surface area contributed by atoms with Crippen LogP contribution in [0.2, 0.25) is 0 Å². The summed E-state index contributed by atoms with van der Waals surface area (Å²) in [6.07, 6.45) is -4.83. The van der Waals surface area contributed by atoms with Gasteiger partial charge in [-0.15, -0.1) is 0 Å². The highest BCUT2D eigenvalue weighted by atomic mass is 127. The first-order chi connectivity index (χ1) is 10.5. The number of nitrogens with one attached hydrogen (secondary N) is 1. The van der Waals surface area contributed by atoms with E-state index >= 15 is 0 Å². The van der Waals surface area contributed by atoms with Gasteiger partial charge in [0, 0.05) is 20.7 Å². The van der Waals surface area contributed by atoms with Crippen LogP contribution in [0.4, 0.5) is 0 Å². The van der Waals surface area contributed by atoms with Crippen LogP contribution < -0.4 is 4.74 Å². The Bertz CT molecular complexity index is 660. The first-order valence-electron chi connectivity index (χ1n) is 6.75. The minimum Gasteiger partial charge on any atom is -0.460 e. The summed E-state index contributed by atoms with van der Waals surface area (Å²) in [5, 5.41) is 39.5. The number of benzene rings is 1. The number of aliphatic hydroxyl groups excluding tert-OH is 4. The SMILES string of the molecule is OCC1OC(Oc2c[nH]c3ccc(I)cc23)C(O)C(O)C1O. The highest BCUT2D eigenvalue weighted by Gasteiger charge is 2.44. The van der Waals surface area contributed by atoms with Gasteiger partial charge in [0.1, 0.15) is 30.2 Å². The third-order valence-electron chi connectivity index (χ3n) is 3.70.